The Kier molecular flexibility index (Phi) is 7.53. The lowest BCUT2D eigenvalue weighted by Crippen LogP contribution is -2.29. The first-order valence-corrected chi connectivity index (χ1v) is 11.0. The van der Waals surface area contributed by atoms with Gasteiger partial charge in [0.25, 0.3) is 5.91 Å². The summed E-state index contributed by atoms with van der Waals surface area (Å²) >= 11 is 1.44. The van der Waals surface area contributed by atoms with Gasteiger partial charge in [-0.05, 0) is 67.4 Å². The molecule has 2 aromatic carbocycles. The van der Waals surface area contributed by atoms with Crippen LogP contribution in [0.3, 0.4) is 0 Å². The van der Waals surface area contributed by atoms with Gasteiger partial charge in [-0.25, -0.2) is 4.99 Å². The second-order valence-corrected chi connectivity index (χ2v) is 8.08. The number of unbranched alkanes of at least 4 members (excludes halogenated alkanes) is 1. The molecule has 4 nitrogen and oxygen atoms in total. The highest BCUT2D eigenvalue weighted by molar-refractivity contribution is 8.18. The van der Waals surface area contributed by atoms with Crippen molar-refractivity contribution in [1.82, 2.24) is 4.90 Å². The fourth-order valence-electron chi connectivity index (χ4n) is 2.89. The number of amides is 1. The summed E-state index contributed by atoms with van der Waals surface area (Å²) in [6, 6.07) is 15.9. The summed E-state index contributed by atoms with van der Waals surface area (Å²) in [7, 11) is 0. The summed E-state index contributed by atoms with van der Waals surface area (Å²) in [6.45, 7) is 7.66. The van der Waals surface area contributed by atoms with E-state index in [2.05, 4.69) is 20.8 Å². The molecule has 5 heteroatoms. The molecule has 0 saturated carbocycles. The number of aryl methyl sites for hydroxylation is 1. The SMILES string of the molecule is CCCCOc1ccc(/C=C2/SC(=Nc3ccc(C)cc3)N(CCC)C2=O)cc1. The van der Waals surface area contributed by atoms with E-state index in [1.54, 1.807) is 4.90 Å². The number of hydrogen-bond donors (Lipinski definition) is 0. The van der Waals surface area contributed by atoms with Crippen molar-refractivity contribution in [1.29, 1.82) is 0 Å². The Morgan fingerprint density at radius 3 is 2.41 bits per heavy atom. The van der Waals surface area contributed by atoms with Gasteiger partial charge >= 0.3 is 0 Å². The summed E-state index contributed by atoms with van der Waals surface area (Å²) in [4.78, 5) is 20.1. The topological polar surface area (TPSA) is 41.9 Å². The van der Waals surface area contributed by atoms with Crippen molar-refractivity contribution in [3.63, 3.8) is 0 Å². The molecular formula is C24H28N2O2S. The average Bonchev–Trinajstić information content (AvgIpc) is 3.00. The van der Waals surface area contributed by atoms with Gasteiger partial charge < -0.3 is 4.74 Å². The molecule has 0 radical (unpaired) electrons. The third kappa shape index (κ3) is 5.73. The van der Waals surface area contributed by atoms with E-state index >= 15 is 0 Å². The minimum atomic E-state index is 0.0194. The van der Waals surface area contributed by atoms with Gasteiger partial charge in [0.05, 0.1) is 17.2 Å². The van der Waals surface area contributed by atoms with Gasteiger partial charge in [0.15, 0.2) is 5.17 Å². The van der Waals surface area contributed by atoms with Crippen molar-refractivity contribution in [3.8, 4) is 5.75 Å². The number of ether oxygens (including phenoxy) is 1. The minimum Gasteiger partial charge on any atom is -0.494 e. The highest BCUT2D eigenvalue weighted by atomic mass is 32.2. The zero-order valence-electron chi connectivity index (χ0n) is 17.4. The molecule has 0 N–H and O–H groups in total. The van der Waals surface area contributed by atoms with Gasteiger partial charge in [-0.1, -0.05) is 50.1 Å². The maximum Gasteiger partial charge on any atom is 0.266 e. The third-order valence-electron chi connectivity index (χ3n) is 4.54. The average molecular weight is 409 g/mol. The fourth-order valence-corrected chi connectivity index (χ4v) is 3.91. The lowest BCUT2D eigenvalue weighted by atomic mass is 10.2. The van der Waals surface area contributed by atoms with Gasteiger partial charge in [0.2, 0.25) is 0 Å². The number of aliphatic imine (C=N–C) groups is 1. The zero-order valence-corrected chi connectivity index (χ0v) is 18.2. The summed E-state index contributed by atoms with van der Waals surface area (Å²) in [5.41, 5.74) is 3.04. The second-order valence-electron chi connectivity index (χ2n) is 7.07. The molecule has 2 aromatic rings. The molecule has 1 aliphatic rings. The second kappa shape index (κ2) is 10.3. The molecule has 0 bridgehead atoms. The van der Waals surface area contributed by atoms with Crippen LogP contribution in [0.4, 0.5) is 5.69 Å². The first-order valence-electron chi connectivity index (χ1n) is 10.2. The molecule has 0 atom stereocenters. The predicted octanol–water partition coefficient (Wildman–Crippen LogP) is 6.19. The van der Waals surface area contributed by atoms with Crippen LogP contribution in [0.1, 0.15) is 44.2 Å². The summed E-state index contributed by atoms with van der Waals surface area (Å²) < 4.78 is 5.71. The molecule has 0 unspecified atom stereocenters. The molecule has 0 aliphatic carbocycles. The summed E-state index contributed by atoms with van der Waals surface area (Å²) in [5, 5.41) is 0.742. The van der Waals surface area contributed by atoms with Crippen molar-refractivity contribution in [2.45, 2.75) is 40.0 Å². The molecule has 3 rings (SSSR count). The Bertz CT molecular complexity index is 886. The van der Waals surface area contributed by atoms with E-state index in [1.165, 1.54) is 17.3 Å². The number of rotatable bonds is 8. The normalized spacial score (nSPS) is 16.8. The smallest absolute Gasteiger partial charge is 0.266 e. The maximum atomic E-state index is 12.9. The van der Waals surface area contributed by atoms with Crippen molar-refractivity contribution < 1.29 is 9.53 Å². The molecule has 0 aromatic heterocycles. The molecule has 1 fully saturated rings. The van der Waals surface area contributed by atoms with Crippen molar-refractivity contribution >= 4 is 34.6 Å². The zero-order chi connectivity index (χ0) is 20.6. The first-order chi connectivity index (χ1) is 14.1. The van der Waals surface area contributed by atoms with Crippen LogP contribution < -0.4 is 4.74 Å². The van der Waals surface area contributed by atoms with Gasteiger partial charge in [-0.2, -0.15) is 0 Å². The van der Waals surface area contributed by atoms with Crippen molar-refractivity contribution in [2.75, 3.05) is 13.2 Å². The maximum absolute atomic E-state index is 12.9. The Labute approximate surface area is 177 Å². The number of nitrogens with zero attached hydrogens (tertiary/aromatic N) is 2. The van der Waals surface area contributed by atoms with Crippen LogP contribution >= 0.6 is 11.8 Å². The van der Waals surface area contributed by atoms with E-state index in [0.29, 0.717) is 11.4 Å². The Morgan fingerprint density at radius 1 is 1.03 bits per heavy atom. The van der Waals surface area contributed by atoms with E-state index in [0.717, 1.165) is 48.0 Å². The third-order valence-corrected chi connectivity index (χ3v) is 5.55. The predicted molar refractivity (Wildman–Crippen MR) is 123 cm³/mol. The van der Waals surface area contributed by atoms with Crippen LogP contribution in [0.15, 0.2) is 58.4 Å². The number of amidine groups is 1. The molecule has 1 aliphatic heterocycles. The molecule has 1 saturated heterocycles. The van der Waals surface area contributed by atoms with Crippen LogP contribution in [-0.2, 0) is 4.79 Å². The van der Waals surface area contributed by atoms with E-state index in [1.807, 2.05) is 54.6 Å². The number of carbonyl (C=O) groups excluding carboxylic acids is 1. The Hall–Kier alpha value is -2.53. The Balaban J connectivity index is 1.78. The number of hydrogen-bond acceptors (Lipinski definition) is 4. The minimum absolute atomic E-state index is 0.0194. The lowest BCUT2D eigenvalue weighted by molar-refractivity contribution is -0.122. The van der Waals surface area contributed by atoms with E-state index in [-0.39, 0.29) is 5.91 Å². The first kappa shape index (κ1) is 21.2. The Morgan fingerprint density at radius 2 is 1.76 bits per heavy atom. The van der Waals surface area contributed by atoms with Crippen LogP contribution in [0, 0.1) is 6.92 Å². The highest BCUT2D eigenvalue weighted by Gasteiger charge is 2.32. The largest absolute Gasteiger partial charge is 0.494 e. The van der Waals surface area contributed by atoms with Crippen LogP contribution in [0.25, 0.3) is 6.08 Å². The van der Waals surface area contributed by atoms with Crippen molar-refractivity contribution in [3.05, 3.63) is 64.6 Å². The quantitative estimate of drug-likeness (QED) is 0.386. The van der Waals surface area contributed by atoms with E-state index in [9.17, 15) is 4.79 Å². The standard InChI is InChI=1S/C24H28N2O2S/c1-4-6-16-28-21-13-9-19(10-14-21)17-22-23(27)26(15-5-2)24(29-22)25-20-11-7-18(3)8-12-20/h7-14,17H,4-6,15-16H2,1-3H3/b22-17+,25-24?. The molecular weight excluding hydrogens is 380 g/mol. The van der Waals surface area contributed by atoms with Gasteiger partial charge in [0.1, 0.15) is 5.75 Å². The highest BCUT2D eigenvalue weighted by Crippen LogP contribution is 2.34. The van der Waals surface area contributed by atoms with Gasteiger partial charge in [-0.3, -0.25) is 9.69 Å². The van der Waals surface area contributed by atoms with Gasteiger partial charge in [0, 0.05) is 6.54 Å². The monoisotopic (exact) mass is 408 g/mol. The fraction of sp³-hybridized carbons (Fsp3) is 0.333. The number of carbonyl (C=O) groups is 1. The van der Waals surface area contributed by atoms with Crippen LogP contribution in [0.2, 0.25) is 0 Å². The molecule has 29 heavy (non-hydrogen) atoms. The summed E-state index contributed by atoms with van der Waals surface area (Å²) in [6.07, 6.45) is 4.98. The van der Waals surface area contributed by atoms with Crippen LogP contribution in [-0.4, -0.2) is 29.1 Å². The molecule has 1 amide bonds. The number of thioether (sulfide) groups is 1. The van der Waals surface area contributed by atoms with E-state index in [4.69, 9.17) is 9.73 Å². The lowest BCUT2D eigenvalue weighted by Gasteiger charge is -2.13. The molecule has 0 spiro atoms. The van der Waals surface area contributed by atoms with Crippen LogP contribution in [0.5, 0.6) is 5.75 Å². The van der Waals surface area contributed by atoms with Crippen molar-refractivity contribution in [2.24, 2.45) is 4.99 Å². The molecule has 1 heterocycles. The van der Waals surface area contributed by atoms with Gasteiger partial charge in [-0.15, -0.1) is 0 Å². The van der Waals surface area contributed by atoms with E-state index < -0.39 is 0 Å². The summed E-state index contributed by atoms with van der Waals surface area (Å²) in [5.74, 6) is 0.881. The number of benzene rings is 2. The molecule has 152 valence electrons.